The normalized spacial score (nSPS) is 41.3. The van der Waals surface area contributed by atoms with Gasteiger partial charge in [-0.2, -0.15) is 0 Å². The van der Waals surface area contributed by atoms with Gasteiger partial charge in [-0.1, -0.05) is 131 Å². The van der Waals surface area contributed by atoms with Gasteiger partial charge >= 0.3 is 11.9 Å². The molecule has 16 atom stereocenters. The summed E-state index contributed by atoms with van der Waals surface area (Å²) in [6, 6.07) is 7.09. The molecule has 0 saturated heterocycles. The Morgan fingerprint density at radius 2 is 0.909 bits per heavy atom. The quantitative estimate of drug-likeness (QED) is 0.138. The Labute approximate surface area is 403 Å². The van der Waals surface area contributed by atoms with Gasteiger partial charge in [-0.05, 0) is 207 Å². The Hall–Kier alpha value is -2.36. The molecule has 8 aliphatic rings. The van der Waals surface area contributed by atoms with E-state index in [2.05, 4.69) is 81.4 Å². The molecule has 0 bridgehead atoms. The van der Waals surface area contributed by atoms with Crippen molar-refractivity contribution in [2.24, 2.45) is 92.7 Å². The zero-order chi connectivity index (χ0) is 46.8. The van der Waals surface area contributed by atoms with E-state index in [0.717, 1.165) is 110 Å². The second kappa shape index (κ2) is 19.1. The number of carbonyl (C=O) groups excluding carboxylic acids is 2. The highest BCUT2D eigenvalue weighted by molar-refractivity contribution is 5.93. The molecule has 0 spiro atoms. The summed E-state index contributed by atoms with van der Waals surface area (Å²) in [5.41, 5.74) is 5.60. The van der Waals surface area contributed by atoms with Gasteiger partial charge in [0.05, 0.1) is 11.1 Å². The van der Waals surface area contributed by atoms with Crippen LogP contribution in [0.3, 0.4) is 0 Å². The first-order chi connectivity index (χ1) is 31.4. The number of carbonyl (C=O) groups is 2. The highest BCUT2D eigenvalue weighted by Crippen LogP contribution is 2.69. The third-order valence-corrected chi connectivity index (χ3v) is 22.4. The van der Waals surface area contributed by atoms with Crippen molar-refractivity contribution in [1.82, 2.24) is 0 Å². The molecule has 0 N–H and O–H groups in total. The monoisotopic (exact) mass is 903 g/mol. The molecule has 0 aliphatic heterocycles. The Bertz CT molecular complexity index is 1820. The predicted molar refractivity (Wildman–Crippen MR) is 271 cm³/mol. The van der Waals surface area contributed by atoms with Crippen molar-refractivity contribution in [1.29, 1.82) is 0 Å². The van der Waals surface area contributed by atoms with Gasteiger partial charge in [-0.15, -0.1) is 0 Å². The maximum atomic E-state index is 13.6. The van der Waals surface area contributed by atoms with E-state index in [1.54, 1.807) is 35.4 Å². The predicted octanol–water partition coefficient (Wildman–Crippen LogP) is 16.8. The molecular weight excluding hydrogens is 809 g/mol. The molecule has 9 rings (SSSR count). The molecule has 0 aromatic heterocycles. The highest BCUT2D eigenvalue weighted by atomic mass is 16.5. The summed E-state index contributed by atoms with van der Waals surface area (Å²) >= 11 is 0. The number of rotatable bonds is 14. The van der Waals surface area contributed by atoms with Crippen molar-refractivity contribution >= 4 is 11.9 Å². The Kier molecular flexibility index (Phi) is 14.1. The van der Waals surface area contributed by atoms with Crippen molar-refractivity contribution in [2.75, 3.05) is 0 Å². The van der Waals surface area contributed by atoms with Crippen LogP contribution >= 0.6 is 0 Å². The first kappa shape index (κ1) is 48.7. The van der Waals surface area contributed by atoms with Crippen molar-refractivity contribution in [3.8, 4) is 0 Å². The van der Waals surface area contributed by atoms with Crippen molar-refractivity contribution < 1.29 is 19.1 Å². The molecule has 1 aromatic rings. The Balaban J connectivity index is 0.759. The van der Waals surface area contributed by atoms with Gasteiger partial charge in [0, 0.05) is 12.8 Å². The van der Waals surface area contributed by atoms with Crippen molar-refractivity contribution in [2.45, 2.75) is 223 Å². The van der Waals surface area contributed by atoms with E-state index in [0.29, 0.717) is 22.0 Å². The third-order valence-electron chi connectivity index (χ3n) is 22.4. The van der Waals surface area contributed by atoms with E-state index in [1.165, 1.54) is 103 Å². The molecule has 66 heavy (non-hydrogen) atoms. The molecule has 0 heterocycles. The maximum Gasteiger partial charge on any atom is 0.338 e. The average Bonchev–Trinajstić information content (AvgIpc) is 3.83. The van der Waals surface area contributed by atoms with E-state index in [1.807, 2.05) is 0 Å². The standard InChI is InChI=1S/C62H94O4/c1-39(2)13-11-15-41(5)51-25-27-53-49-23-21-45-37-47(29-33-59(45,7)55(49)31-35-61(51,53)9)65-57(63)43-17-19-44(20-18-43)58(64)66-48-30-34-60(8)46(38-48)22-24-50-54-28-26-52(42(6)16-12-14-40(3)4)62(54,10)36-32-56(50)60/h17-22,39-42,47-56H,11-16,23-38H2,1-10H3/t41-,42-,47+,48+,49+,50+,51-,52-,53+,54+,55+,56+,59+,60+,61-,62-/m1/s1. The summed E-state index contributed by atoms with van der Waals surface area (Å²) in [6.07, 6.45) is 32.8. The van der Waals surface area contributed by atoms with Crippen molar-refractivity contribution in [3.63, 3.8) is 0 Å². The van der Waals surface area contributed by atoms with E-state index in [9.17, 15) is 9.59 Å². The van der Waals surface area contributed by atoms with Crippen LogP contribution in [0.15, 0.2) is 47.6 Å². The first-order valence-electron chi connectivity index (χ1n) is 28.4. The minimum atomic E-state index is -0.271. The molecule has 0 amide bonds. The van der Waals surface area contributed by atoms with Gasteiger partial charge < -0.3 is 9.47 Å². The van der Waals surface area contributed by atoms with Crippen LogP contribution in [0.25, 0.3) is 0 Å². The fraction of sp³-hybridized carbons (Fsp3) is 0.806. The smallest absolute Gasteiger partial charge is 0.338 e. The largest absolute Gasteiger partial charge is 0.458 e. The average molecular weight is 903 g/mol. The number of benzene rings is 1. The summed E-state index contributed by atoms with van der Waals surface area (Å²) < 4.78 is 12.5. The Morgan fingerprint density at radius 1 is 0.515 bits per heavy atom. The lowest BCUT2D eigenvalue weighted by Gasteiger charge is -2.58. The van der Waals surface area contributed by atoms with Crippen LogP contribution in [0.4, 0.5) is 0 Å². The third kappa shape index (κ3) is 8.89. The molecule has 8 aliphatic carbocycles. The minimum absolute atomic E-state index is 0.0860. The summed E-state index contributed by atoms with van der Waals surface area (Å²) in [7, 11) is 0. The zero-order valence-electron chi connectivity index (χ0n) is 43.7. The molecular formula is C62H94O4. The summed E-state index contributed by atoms with van der Waals surface area (Å²) in [5.74, 6) is 9.34. The van der Waals surface area contributed by atoms with Crippen LogP contribution in [0, 0.1) is 92.7 Å². The van der Waals surface area contributed by atoms with Crippen molar-refractivity contribution in [3.05, 3.63) is 58.7 Å². The van der Waals surface area contributed by atoms with E-state index in [4.69, 9.17) is 9.47 Å². The van der Waals surface area contributed by atoms with E-state index in [-0.39, 0.29) is 35.0 Å². The van der Waals surface area contributed by atoms with Gasteiger partial charge in [-0.25, -0.2) is 9.59 Å². The molecule has 0 radical (unpaired) electrons. The molecule has 4 heteroatoms. The number of hydrogen-bond donors (Lipinski definition) is 0. The second-order valence-corrected chi connectivity index (χ2v) is 26.7. The van der Waals surface area contributed by atoms with Crippen LogP contribution in [-0.4, -0.2) is 24.1 Å². The van der Waals surface area contributed by atoms with Gasteiger partial charge in [0.25, 0.3) is 0 Å². The topological polar surface area (TPSA) is 52.6 Å². The second-order valence-electron chi connectivity index (χ2n) is 26.7. The number of allylic oxidation sites excluding steroid dienone is 2. The summed E-state index contributed by atoms with van der Waals surface area (Å²) in [6.45, 7) is 25.1. The van der Waals surface area contributed by atoms with Crippen LogP contribution in [0.2, 0.25) is 0 Å². The summed E-state index contributed by atoms with van der Waals surface area (Å²) in [5, 5.41) is 0. The number of hydrogen-bond acceptors (Lipinski definition) is 4. The zero-order valence-corrected chi connectivity index (χ0v) is 43.7. The lowest BCUT2D eigenvalue weighted by atomic mass is 9.47. The van der Waals surface area contributed by atoms with Gasteiger partial charge in [0.2, 0.25) is 0 Å². The fourth-order valence-corrected chi connectivity index (χ4v) is 18.7. The van der Waals surface area contributed by atoms with E-state index < -0.39 is 0 Å². The Morgan fingerprint density at radius 3 is 1.29 bits per heavy atom. The first-order valence-corrected chi connectivity index (χ1v) is 28.4. The van der Waals surface area contributed by atoms with Crippen LogP contribution in [-0.2, 0) is 9.47 Å². The van der Waals surface area contributed by atoms with E-state index >= 15 is 0 Å². The van der Waals surface area contributed by atoms with Gasteiger partial charge in [-0.3, -0.25) is 0 Å². The van der Waals surface area contributed by atoms with Gasteiger partial charge in [0.15, 0.2) is 0 Å². The number of ether oxygens (including phenoxy) is 2. The molecule has 366 valence electrons. The number of esters is 2. The molecule has 6 fully saturated rings. The SMILES string of the molecule is CC(C)CCC[C@@H](C)[C@H]1CC[C@H]2[C@@H]3CC=C4C[C@@H](OC(=O)c5ccc(C(=O)O[C@H]6CC[C@@]7(C)C(=CC[C@H]8[C@@H]9CC[C@H]([C@H](C)CCCC(C)C)[C@@]9(C)CC[C@@H]87)C6)cc5)CC[C@]4(C)[C@H]3CC[C@]12C. The molecule has 4 nitrogen and oxygen atoms in total. The minimum Gasteiger partial charge on any atom is -0.458 e. The highest BCUT2D eigenvalue weighted by Gasteiger charge is 2.61. The fourth-order valence-electron chi connectivity index (χ4n) is 18.7. The number of fused-ring (bicyclic) bond motifs is 10. The maximum absolute atomic E-state index is 13.6. The molecule has 6 saturated carbocycles. The van der Waals surface area contributed by atoms with Crippen LogP contribution < -0.4 is 0 Å². The summed E-state index contributed by atoms with van der Waals surface area (Å²) in [4.78, 5) is 27.2. The lowest BCUT2D eigenvalue weighted by molar-refractivity contribution is -0.0595. The lowest BCUT2D eigenvalue weighted by Crippen LogP contribution is -2.51. The van der Waals surface area contributed by atoms with Crippen LogP contribution in [0.5, 0.6) is 0 Å². The van der Waals surface area contributed by atoms with Gasteiger partial charge in [0.1, 0.15) is 12.2 Å². The molecule has 0 unspecified atom stereocenters. The molecule has 1 aromatic carbocycles. The van der Waals surface area contributed by atoms with Crippen LogP contribution in [0.1, 0.15) is 231 Å².